The summed E-state index contributed by atoms with van der Waals surface area (Å²) in [5, 5.41) is 7.37. The quantitative estimate of drug-likeness (QED) is 0.363. The second-order valence-corrected chi connectivity index (χ2v) is 8.61. The summed E-state index contributed by atoms with van der Waals surface area (Å²) in [6.45, 7) is 6.43. The molecule has 2 aromatic carbocycles. The van der Waals surface area contributed by atoms with E-state index >= 15 is 0 Å². The second kappa shape index (κ2) is 11.4. The number of nitrogens with zero attached hydrogens (tertiary/aromatic N) is 3. The van der Waals surface area contributed by atoms with E-state index in [1.807, 2.05) is 48.5 Å². The molecule has 0 aliphatic carbocycles. The van der Waals surface area contributed by atoms with Crippen molar-refractivity contribution in [1.29, 1.82) is 0 Å². The number of morpholine rings is 1. The van der Waals surface area contributed by atoms with Crippen LogP contribution in [0.4, 0.5) is 0 Å². The molecule has 190 valence electrons. The molecule has 1 amide bonds. The smallest absolute Gasteiger partial charge is 0.292 e. The van der Waals surface area contributed by atoms with Gasteiger partial charge < -0.3 is 19.5 Å². The molecule has 0 bridgehead atoms. The van der Waals surface area contributed by atoms with Crippen molar-refractivity contribution >= 4 is 11.7 Å². The Kier molecular flexibility index (Phi) is 8.02. The summed E-state index contributed by atoms with van der Waals surface area (Å²) in [6, 6.07) is 15.1. The number of aromatic nitrogens is 2. The highest BCUT2D eigenvalue weighted by Crippen LogP contribution is 2.32. The van der Waals surface area contributed by atoms with Gasteiger partial charge in [-0.05, 0) is 43.7 Å². The summed E-state index contributed by atoms with van der Waals surface area (Å²) >= 11 is 0. The summed E-state index contributed by atoms with van der Waals surface area (Å²) in [4.78, 5) is 28.5. The molecular formula is C27H32N4O5. The Morgan fingerprint density at radius 1 is 1.03 bits per heavy atom. The maximum atomic E-state index is 13.2. The predicted molar refractivity (Wildman–Crippen MR) is 135 cm³/mol. The van der Waals surface area contributed by atoms with E-state index < -0.39 is 11.7 Å². The number of rotatable bonds is 9. The molecular weight excluding hydrogens is 460 g/mol. The molecule has 1 N–H and O–H groups in total. The zero-order valence-corrected chi connectivity index (χ0v) is 21.1. The molecule has 1 aromatic heterocycles. The fourth-order valence-electron chi connectivity index (χ4n) is 4.58. The number of hydrogen-bond acceptors (Lipinski definition) is 7. The zero-order chi connectivity index (χ0) is 25.7. The number of carbonyl (C=O) groups is 2. The average molecular weight is 493 g/mol. The molecule has 1 aliphatic heterocycles. The molecule has 0 radical (unpaired) electrons. The van der Waals surface area contributed by atoms with Crippen molar-refractivity contribution in [2.75, 3.05) is 47.1 Å². The third kappa shape index (κ3) is 5.27. The topological polar surface area (TPSA) is 94.9 Å². The number of ether oxygens (including phenoxy) is 3. The number of Topliss-reactive ketones (excluding diaryl/α,β-unsaturated/α-hetero) is 1. The predicted octanol–water partition coefficient (Wildman–Crippen LogP) is 2.88. The summed E-state index contributed by atoms with van der Waals surface area (Å²) in [5.74, 6) is -0.0226. The zero-order valence-electron chi connectivity index (χ0n) is 21.1. The highest BCUT2D eigenvalue weighted by Gasteiger charge is 2.28. The first-order valence-electron chi connectivity index (χ1n) is 11.9. The number of aryl methyl sites for hydroxylation is 1. The summed E-state index contributed by atoms with van der Waals surface area (Å²) in [5.41, 5.74) is 3.25. The molecule has 2 heterocycles. The largest absolute Gasteiger partial charge is 0.493 e. The van der Waals surface area contributed by atoms with Gasteiger partial charge in [-0.2, -0.15) is 5.10 Å². The molecule has 1 saturated heterocycles. The van der Waals surface area contributed by atoms with Gasteiger partial charge in [-0.3, -0.25) is 14.5 Å². The van der Waals surface area contributed by atoms with E-state index in [0.29, 0.717) is 54.8 Å². The molecule has 1 unspecified atom stereocenters. The number of hydrogen-bond donors (Lipinski definition) is 1. The second-order valence-electron chi connectivity index (χ2n) is 8.61. The molecule has 0 saturated carbocycles. The Balaban J connectivity index is 1.54. The minimum atomic E-state index is -0.660. The van der Waals surface area contributed by atoms with Gasteiger partial charge in [-0.25, -0.2) is 4.68 Å². The van der Waals surface area contributed by atoms with Crippen LogP contribution in [0.2, 0.25) is 0 Å². The molecule has 0 spiro atoms. The first kappa shape index (κ1) is 25.4. The van der Waals surface area contributed by atoms with E-state index in [0.717, 1.165) is 11.3 Å². The lowest BCUT2D eigenvalue weighted by Gasteiger charge is -2.35. The molecule has 4 rings (SSSR count). The minimum Gasteiger partial charge on any atom is -0.493 e. The molecule has 1 atom stereocenters. The SMILES string of the molecule is COc1ccc(C(CNC(=O)C(=O)c2c(C)nn(-c3ccccc3)c2C)N2CCOCC2)cc1OC. The Hall–Kier alpha value is -3.69. The lowest BCUT2D eigenvalue weighted by molar-refractivity contribution is -0.117. The van der Waals surface area contributed by atoms with Gasteiger partial charge in [-0.1, -0.05) is 24.3 Å². The highest BCUT2D eigenvalue weighted by molar-refractivity contribution is 6.43. The maximum absolute atomic E-state index is 13.2. The van der Waals surface area contributed by atoms with E-state index in [1.165, 1.54) is 0 Å². The molecule has 9 heteroatoms. The van der Waals surface area contributed by atoms with Gasteiger partial charge in [0.25, 0.3) is 11.7 Å². The fourth-order valence-corrected chi connectivity index (χ4v) is 4.58. The molecule has 1 fully saturated rings. The van der Waals surface area contributed by atoms with E-state index in [9.17, 15) is 9.59 Å². The standard InChI is InChI=1S/C27H32N4O5/c1-18-25(19(2)31(29-18)21-8-6-5-7-9-21)26(32)27(33)28-17-22(30-12-14-36-15-13-30)20-10-11-23(34-3)24(16-20)35-4/h5-11,16,22H,12-15,17H2,1-4H3,(H,28,33). The van der Waals surface area contributed by atoms with Gasteiger partial charge >= 0.3 is 0 Å². The first-order chi connectivity index (χ1) is 17.4. The lowest BCUT2D eigenvalue weighted by atomic mass is 10.0. The number of benzene rings is 2. The number of para-hydroxylation sites is 1. The lowest BCUT2D eigenvalue weighted by Crippen LogP contribution is -2.45. The average Bonchev–Trinajstić information content (AvgIpc) is 3.22. The van der Waals surface area contributed by atoms with Gasteiger partial charge in [0.2, 0.25) is 0 Å². The van der Waals surface area contributed by atoms with E-state index in [2.05, 4.69) is 15.3 Å². The third-order valence-corrected chi connectivity index (χ3v) is 6.46. The van der Waals surface area contributed by atoms with Crippen molar-refractivity contribution in [1.82, 2.24) is 20.0 Å². The highest BCUT2D eigenvalue weighted by atomic mass is 16.5. The van der Waals surface area contributed by atoms with Crippen LogP contribution in [0.5, 0.6) is 11.5 Å². The van der Waals surface area contributed by atoms with Crippen LogP contribution in [0.1, 0.15) is 33.4 Å². The van der Waals surface area contributed by atoms with Crippen molar-refractivity contribution in [2.45, 2.75) is 19.9 Å². The maximum Gasteiger partial charge on any atom is 0.292 e. The summed E-state index contributed by atoms with van der Waals surface area (Å²) < 4.78 is 18.1. The van der Waals surface area contributed by atoms with Crippen LogP contribution in [0.25, 0.3) is 5.69 Å². The van der Waals surface area contributed by atoms with Gasteiger partial charge in [0.15, 0.2) is 11.5 Å². The van der Waals surface area contributed by atoms with E-state index in [-0.39, 0.29) is 12.6 Å². The van der Waals surface area contributed by atoms with Crippen LogP contribution < -0.4 is 14.8 Å². The first-order valence-corrected chi connectivity index (χ1v) is 11.9. The summed E-state index contributed by atoms with van der Waals surface area (Å²) in [6.07, 6.45) is 0. The van der Waals surface area contributed by atoms with Crippen LogP contribution >= 0.6 is 0 Å². The number of carbonyl (C=O) groups excluding carboxylic acids is 2. The number of amides is 1. The van der Waals surface area contributed by atoms with Crippen LogP contribution in [-0.2, 0) is 9.53 Å². The van der Waals surface area contributed by atoms with Gasteiger partial charge in [0.1, 0.15) is 0 Å². The minimum absolute atomic E-state index is 0.167. The summed E-state index contributed by atoms with van der Waals surface area (Å²) in [7, 11) is 3.18. The molecule has 1 aliphatic rings. The Bertz CT molecular complexity index is 1220. The molecule has 36 heavy (non-hydrogen) atoms. The van der Waals surface area contributed by atoms with Gasteiger partial charge in [-0.15, -0.1) is 0 Å². The van der Waals surface area contributed by atoms with Gasteiger partial charge in [0.05, 0.1) is 56.1 Å². The van der Waals surface area contributed by atoms with Crippen molar-refractivity contribution in [3.05, 3.63) is 71.0 Å². The number of methoxy groups -OCH3 is 2. The van der Waals surface area contributed by atoms with Crippen molar-refractivity contribution in [3.8, 4) is 17.2 Å². The van der Waals surface area contributed by atoms with Crippen LogP contribution in [0.3, 0.4) is 0 Å². The van der Waals surface area contributed by atoms with Crippen molar-refractivity contribution < 1.29 is 23.8 Å². The monoisotopic (exact) mass is 492 g/mol. The van der Waals surface area contributed by atoms with Crippen LogP contribution in [-0.4, -0.2) is 73.4 Å². The molecule has 9 nitrogen and oxygen atoms in total. The van der Waals surface area contributed by atoms with Crippen molar-refractivity contribution in [2.24, 2.45) is 0 Å². The Labute approximate surface area is 210 Å². The van der Waals surface area contributed by atoms with Crippen LogP contribution in [0.15, 0.2) is 48.5 Å². The van der Waals surface area contributed by atoms with Gasteiger partial charge in [0, 0.05) is 19.6 Å². The fraction of sp³-hybridized carbons (Fsp3) is 0.370. The van der Waals surface area contributed by atoms with Crippen molar-refractivity contribution in [3.63, 3.8) is 0 Å². The number of ketones is 1. The van der Waals surface area contributed by atoms with E-state index in [1.54, 1.807) is 32.7 Å². The van der Waals surface area contributed by atoms with E-state index in [4.69, 9.17) is 14.2 Å². The normalized spacial score (nSPS) is 14.8. The molecule has 3 aromatic rings. The van der Waals surface area contributed by atoms with Crippen LogP contribution in [0, 0.1) is 13.8 Å². The third-order valence-electron chi connectivity index (χ3n) is 6.46. The Morgan fingerprint density at radius 2 is 1.72 bits per heavy atom. The number of nitrogens with one attached hydrogen (secondary N) is 1. The Morgan fingerprint density at radius 3 is 2.39 bits per heavy atom.